The molecule has 0 spiro atoms. The van der Waals surface area contributed by atoms with E-state index in [4.69, 9.17) is 5.73 Å². The Morgan fingerprint density at radius 2 is 2.20 bits per heavy atom. The van der Waals surface area contributed by atoms with Gasteiger partial charge in [-0.15, -0.1) is 11.8 Å². The highest BCUT2D eigenvalue weighted by atomic mass is 32.2. The van der Waals surface area contributed by atoms with Gasteiger partial charge in [-0.05, 0) is 24.0 Å². The van der Waals surface area contributed by atoms with E-state index in [-0.39, 0.29) is 5.70 Å². The number of nitrogens with two attached hydrogens (primary N) is 1. The second kappa shape index (κ2) is 7.03. The number of aliphatic carboxylic acids is 1. The number of aliphatic hydroxyl groups excluding tert-OH is 1. The van der Waals surface area contributed by atoms with Crippen LogP contribution in [-0.4, -0.2) is 62.7 Å². The van der Waals surface area contributed by atoms with Gasteiger partial charge in [0.2, 0.25) is 5.91 Å². The quantitative estimate of drug-likeness (QED) is 0.375. The van der Waals surface area contributed by atoms with Crippen LogP contribution in [0.15, 0.2) is 35.1 Å². The molecule has 3 rings (SSSR count). The molecule has 2 aliphatic heterocycles. The number of rotatable bonds is 5. The molecule has 2 amide bonds. The molecule has 9 heteroatoms. The summed E-state index contributed by atoms with van der Waals surface area (Å²) in [5, 5.41) is 20.7. The maximum atomic E-state index is 12.4. The van der Waals surface area contributed by atoms with Crippen molar-refractivity contribution in [2.24, 2.45) is 5.73 Å². The minimum absolute atomic E-state index is 0.189. The molecule has 1 aliphatic carbocycles. The van der Waals surface area contributed by atoms with E-state index in [1.165, 1.54) is 11.8 Å². The molecule has 5 N–H and O–H groups in total. The van der Waals surface area contributed by atoms with Crippen LogP contribution in [0.1, 0.15) is 12.8 Å². The van der Waals surface area contributed by atoms with Crippen molar-refractivity contribution in [2.75, 3.05) is 12.4 Å². The molecule has 1 fully saturated rings. The van der Waals surface area contributed by atoms with Crippen molar-refractivity contribution in [3.63, 3.8) is 0 Å². The predicted molar refractivity (Wildman–Crippen MR) is 91.2 cm³/mol. The maximum Gasteiger partial charge on any atom is 0.352 e. The van der Waals surface area contributed by atoms with Gasteiger partial charge in [0.25, 0.3) is 5.91 Å². The van der Waals surface area contributed by atoms with Gasteiger partial charge < -0.3 is 21.3 Å². The largest absolute Gasteiger partial charge is 0.477 e. The number of β-lactam (4-membered cyclic amide) rings is 1. The lowest BCUT2D eigenvalue weighted by atomic mass is 9.97. The van der Waals surface area contributed by atoms with Crippen LogP contribution in [0.2, 0.25) is 0 Å². The lowest BCUT2D eigenvalue weighted by Crippen LogP contribution is -2.71. The number of carboxylic acids is 1. The second-order valence-electron chi connectivity index (χ2n) is 5.98. The molecule has 25 heavy (non-hydrogen) atoms. The zero-order valence-corrected chi connectivity index (χ0v) is 14.2. The lowest BCUT2D eigenvalue weighted by Gasteiger charge is -2.49. The van der Waals surface area contributed by atoms with Crippen LogP contribution in [-0.2, 0) is 14.4 Å². The van der Waals surface area contributed by atoms with Crippen LogP contribution < -0.4 is 11.1 Å². The zero-order chi connectivity index (χ0) is 18.1. The van der Waals surface area contributed by atoms with Gasteiger partial charge in [0, 0.05) is 5.75 Å². The molecule has 2 unspecified atom stereocenters. The minimum atomic E-state index is -1.26. The Balaban J connectivity index is 1.69. The number of carboxylic acid groups (broad SMARTS) is 1. The van der Waals surface area contributed by atoms with Gasteiger partial charge in [-0.1, -0.05) is 18.2 Å². The van der Waals surface area contributed by atoms with Gasteiger partial charge in [-0.3, -0.25) is 14.5 Å². The summed E-state index contributed by atoms with van der Waals surface area (Å²) in [6, 6.07) is -1.64. The number of fused-ring (bicyclic) bond motifs is 1. The summed E-state index contributed by atoms with van der Waals surface area (Å²) in [5.41, 5.74) is 6.87. The maximum absolute atomic E-state index is 12.4. The molecule has 0 aromatic carbocycles. The van der Waals surface area contributed by atoms with Gasteiger partial charge in [-0.25, -0.2) is 4.79 Å². The average molecular weight is 365 g/mol. The van der Waals surface area contributed by atoms with E-state index in [9.17, 15) is 24.6 Å². The molecule has 1 saturated heterocycles. The van der Waals surface area contributed by atoms with Crippen LogP contribution in [0.3, 0.4) is 0 Å². The summed E-state index contributed by atoms with van der Waals surface area (Å²) in [5.74, 6) is -1.92. The molecule has 2 heterocycles. The standard InChI is InChI=1S/C16H19N3O5S/c17-10(8-4-2-1-3-5-8)13(21)18-11-14(22)19-12(16(23)24)9(6-20)7-25-15(11)19/h1-2,5,10-11,15,20H,3-4,6-7,17H2,(H,18,21)(H,23,24)/t10?,11?,15-/m1/s1. The van der Waals surface area contributed by atoms with Crippen molar-refractivity contribution >= 4 is 29.5 Å². The molecule has 8 nitrogen and oxygen atoms in total. The van der Waals surface area contributed by atoms with Crippen LogP contribution >= 0.6 is 11.8 Å². The molecule has 0 saturated carbocycles. The Bertz CT molecular complexity index is 715. The van der Waals surface area contributed by atoms with E-state index >= 15 is 0 Å². The Kier molecular flexibility index (Phi) is 4.98. The first-order valence-electron chi connectivity index (χ1n) is 7.86. The number of nitrogens with one attached hydrogen (secondary N) is 1. The summed E-state index contributed by atoms with van der Waals surface area (Å²) in [6.07, 6.45) is 7.15. The Labute approximate surface area is 148 Å². The normalized spacial score (nSPS) is 26.6. The average Bonchev–Trinajstić information content (AvgIpc) is 2.64. The molecule has 0 bridgehead atoms. The van der Waals surface area contributed by atoms with E-state index in [1.807, 2.05) is 18.2 Å². The number of hydrogen-bond donors (Lipinski definition) is 4. The van der Waals surface area contributed by atoms with Crippen molar-refractivity contribution in [1.29, 1.82) is 0 Å². The lowest BCUT2D eigenvalue weighted by molar-refractivity contribution is -0.150. The molecule has 3 atom stereocenters. The highest BCUT2D eigenvalue weighted by Gasteiger charge is 2.54. The van der Waals surface area contributed by atoms with Crippen molar-refractivity contribution in [3.05, 3.63) is 35.1 Å². The van der Waals surface area contributed by atoms with Crippen molar-refractivity contribution in [1.82, 2.24) is 10.2 Å². The monoisotopic (exact) mass is 365 g/mol. The first kappa shape index (κ1) is 17.7. The van der Waals surface area contributed by atoms with E-state index in [0.29, 0.717) is 17.7 Å². The van der Waals surface area contributed by atoms with Gasteiger partial charge >= 0.3 is 5.97 Å². The summed E-state index contributed by atoms with van der Waals surface area (Å²) >= 11 is 1.31. The van der Waals surface area contributed by atoms with Gasteiger partial charge in [0.05, 0.1) is 6.61 Å². The number of hydrogen-bond acceptors (Lipinski definition) is 6. The smallest absolute Gasteiger partial charge is 0.352 e. The number of aliphatic hydroxyl groups is 1. The SMILES string of the molecule is NC(C(=O)NC1C(=O)N2C(C(=O)O)=C(CO)CS[C@H]12)C1=CCC=CC1. The van der Waals surface area contributed by atoms with Gasteiger partial charge in [-0.2, -0.15) is 0 Å². The summed E-state index contributed by atoms with van der Waals surface area (Å²) in [4.78, 5) is 37.2. The number of carbonyl (C=O) groups is 3. The van der Waals surface area contributed by atoms with Crippen LogP contribution in [0.25, 0.3) is 0 Å². The van der Waals surface area contributed by atoms with Crippen molar-refractivity contribution in [3.8, 4) is 0 Å². The summed E-state index contributed by atoms with van der Waals surface area (Å²) in [6.45, 7) is -0.422. The van der Waals surface area contributed by atoms with Gasteiger partial charge in [0.1, 0.15) is 23.2 Å². The highest BCUT2D eigenvalue weighted by molar-refractivity contribution is 8.00. The highest BCUT2D eigenvalue weighted by Crippen LogP contribution is 2.40. The van der Waals surface area contributed by atoms with Crippen LogP contribution in [0.4, 0.5) is 0 Å². The molecule has 0 aromatic heterocycles. The molecule has 3 aliphatic rings. The fraction of sp³-hybridized carbons (Fsp3) is 0.438. The van der Waals surface area contributed by atoms with Crippen molar-refractivity contribution in [2.45, 2.75) is 30.3 Å². The summed E-state index contributed by atoms with van der Waals surface area (Å²) in [7, 11) is 0. The number of nitrogens with zero attached hydrogens (tertiary/aromatic N) is 1. The zero-order valence-electron chi connectivity index (χ0n) is 13.3. The van der Waals surface area contributed by atoms with Crippen LogP contribution in [0, 0.1) is 0 Å². The third kappa shape index (κ3) is 3.10. The first-order chi connectivity index (χ1) is 12.0. The third-order valence-electron chi connectivity index (χ3n) is 4.46. The van der Waals surface area contributed by atoms with E-state index < -0.39 is 41.8 Å². The fourth-order valence-corrected chi connectivity index (χ4v) is 4.42. The topological polar surface area (TPSA) is 133 Å². The Morgan fingerprint density at radius 1 is 1.44 bits per heavy atom. The van der Waals surface area contributed by atoms with Gasteiger partial charge in [0.15, 0.2) is 0 Å². The predicted octanol–water partition coefficient (Wildman–Crippen LogP) is -0.679. The molecule has 134 valence electrons. The minimum Gasteiger partial charge on any atom is -0.477 e. The summed E-state index contributed by atoms with van der Waals surface area (Å²) < 4.78 is 0. The van der Waals surface area contributed by atoms with Crippen molar-refractivity contribution < 1.29 is 24.6 Å². The number of amides is 2. The molecule has 0 aromatic rings. The fourth-order valence-electron chi connectivity index (χ4n) is 3.09. The van der Waals surface area contributed by atoms with E-state index in [0.717, 1.165) is 16.9 Å². The van der Waals surface area contributed by atoms with E-state index in [2.05, 4.69) is 5.32 Å². The molecular formula is C16H19N3O5S. The molecule has 0 radical (unpaired) electrons. The third-order valence-corrected chi connectivity index (χ3v) is 5.80. The van der Waals surface area contributed by atoms with E-state index in [1.54, 1.807) is 0 Å². The Morgan fingerprint density at radius 3 is 2.80 bits per heavy atom. The first-order valence-corrected chi connectivity index (χ1v) is 8.91. The van der Waals surface area contributed by atoms with Crippen LogP contribution in [0.5, 0.6) is 0 Å². The number of thioether (sulfide) groups is 1. The molecular weight excluding hydrogens is 346 g/mol. The second-order valence-corrected chi connectivity index (χ2v) is 7.08. The Hall–Kier alpha value is -2.10. The number of allylic oxidation sites excluding steroid dienone is 3. The number of carbonyl (C=O) groups excluding carboxylic acids is 2.